The summed E-state index contributed by atoms with van der Waals surface area (Å²) in [5, 5.41) is 2.10. The second-order valence-corrected chi connectivity index (χ2v) is 12.3. The third-order valence-electron chi connectivity index (χ3n) is 4.24. The Morgan fingerprint density at radius 1 is 0.652 bits per heavy atom. The van der Waals surface area contributed by atoms with Gasteiger partial charge < -0.3 is 0 Å². The second-order valence-electron chi connectivity index (χ2n) is 8.46. The zero-order valence-electron chi connectivity index (χ0n) is 16.0. The highest BCUT2D eigenvalue weighted by molar-refractivity contribution is 7.68. The van der Waals surface area contributed by atoms with Crippen LogP contribution in [0.1, 0.15) is 52.7 Å². The zero-order chi connectivity index (χ0) is 17.4. The summed E-state index contributed by atoms with van der Waals surface area (Å²) in [6.07, 6.45) is 0. The summed E-state index contributed by atoms with van der Waals surface area (Å²) in [5.41, 5.74) is 5.59. The number of benzene rings is 2. The number of rotatable bonds is 2. The van der Waals surface area contributed by atoms with Crippen molar-refractivity contribution in [2.24, 2.45) is 0 Å². The molecule has 0 aliphatic carbocycles. The molecule has 0 aromatic heterocycles. The molecule has 0 N–H and O–H groups in total. The van der Waals surface area contributed by atoms with Crippen molar-refractivity contribution >= 4 is 13.2 Å². The van der Waals surface area contributed by atoms with E-state index < -0.39 is 0 Å². The molecule has 0 radical (unpaired) electrons. The molecule has 124 valence electrons. The van der Waals surface area contributed by atoms with E-state index in [1.807, 2.05) is 0 Å². The quantitative estimate of drug-likeness (QED) is 0.540. The van der Waals surface area contributed by atoms with E-state index in [9.17, 15) is 0 Å². The largest absolute Gasteiger partial charge is 0.0636 e. The van der Waals surface area contributed by atoms with Gasteiger partial charge in [0.1, 0.15) is 0 Å². The van der Waals surface area contributed by atoms with Crippen LogP contribution in [0.4, 0.5) is 0 Å². The summed E-state index contributed by atoms with van der Waals surface area (Å²) in [5.74, 6) is 0. The van der Waals surface area contributed by atoms with Crippen LogP contribution in [0.25, 0.3) is 11.1 Å². The van der Waals surface area contributed by atoms with Crippen molar-refractivity contribution in [3.05, 3.63) is 53.6 Å². The van der Waals surface area contributed by atoms with E-state index in [2.05, 4.69) is 97.9 Å². The lowest BCUT2D eigenvalue weighted by atomic mass is 9.96. The molecule has 0 amide bonds. The van der Waals surface area contributed by atoms with Crippen LogP contribution in [-0.2, 0) is 0 Å². The molecule has 2 aromatic carbocycles. The van der Waals surface area contributed by atoms with Gasteiger partial charge in [0.2, 0.25) is 0 Å². The molecule has 0 atom stereocenters. The summed E-state index contributed by atoms with van der Waals surface area (Å²) >= 11 is 0. The van der Waals surface area contributed by atoms with E-state index in [-0.39, 0.29) is 18.2 Å². The average Bonchev–Trinajstić information content (AvgIpc) is 2.37. The van der Waals surface area contributed by atoms with Crippen LogP contribution in [0.15, 0.2) is 42.5 Å². The van der Waals surface area contributed by atoms with Crippen LogP contribution in [0.2, 0.25) is 0 Å². The maximum absolute atomic E-state index is 2.39. The van der Waals surface area contributed by atoms with Crippen LogP contribution in [-0.4, -0.2) is 10.3 Å². The zero-order valence-corrected chi connectivity index (χ0v) is 16.9. The lowest BCUT2D eigenvalue weighted by molar-refractivity contribution is 0.715. The van der Waals surface area contributed by atoms with Gasteiger partial charge in [-0.05, 0) is 51.7 Å². The van der Waals surface area contributed by atoms with Gasteiger partial charge in [0, 0.05) is 0 Å². The summed E-state index contributed by atoms with van der Waals surface area (Å²) in [6.45, 7) is 18.8. The SMILES string of the molecule is Cc1cccc(C)c1-c1ccccc1P(C(C)(C)C)C(C)(C)C. The topological polar surface area (TPSA) is 0 Å². The molecule has 2 rings (SSSR count). The summed E-state index contributed by atoms with van der Waals surface area (Å²) in [7, 11) is -0.307. The highest BCUT2D eigenvalue weighted by atomic mass is 31.1. The fourth-order valence-corrected chi connectivity index (χ4v) is 7.97. The van der Waals surface area contributed by atoms with Crippen molar-refractivity contribution in [3.63, 3.8) is 0 Å². The van der Waals surface area contributed by atoms with Gasteiger partial charge in [-0.2, -0.15) is 0 Å². The van der Waals surface area contributed by atoms with Crippen molar-refractivity contribution in [1.29, 1.82) is 0 Å². The van der Waals surface area contributed by atoms with Crippen LogP contribution in [0.5, 0.6) is 0 Å². The molecule has 0 unspecified atom stereocenters. The summed E-state index contributed by atoms with van der Waals surface area (Å²) in [4.78, 5) is 0. The van der Waals surface area contributed by atoms with Gasteiger partial charge in [0.15, 0.2) is 0 Å². The molecule has 0 aliphatic heterocycles. The molecule has 0 heterocycles. The summed E-state index contributed by atoms with van der Waals surface area (Å²) in [6, 6.07) is 15.7. The van der Waals surface area contributed by atoms with E-state index in [1.165, 1.54) is 22.3 Å². The molecule has 0 bridgehead atoms. The van der Waals surface area contributed by atoms with E-state index in [1.54, 1.807) is 5.30 Å². The standard InChI is InChI=1S/C22H31P/c1-16-12-11-13-17(2)20(16)18-14-9-10-15-19(18)23(21(3,4)5)22(6,7)8/h9-15H,1-8H3. The molecule has 0 fully saturated rings. The Bertz CT molecular complexity index is 650. The molecule has 2 aromatic rings. The number of aryl methyl sites for hydroxylation is 2. The van der Waals surface area contributed by atoms with Gasteiger partial charge >= 0.3 is 0 Å². The Morgan fingerprint density at radius 2 is 1.13 bits per heavy atom. The van der Waals surface area contributed by atoms with Gasteiger partial charge in [0.05, 0.1) is 0 Å². The predicted octanol–water partition coefficient (Wildman–Crippen LogP) is 6.67. The third kappa shape index (κ3) is 3.86. The molecule has 1 heteroatoms. The minimum Gasteiger partial charge on any atom is -0.0636 e. The first-order valence-corrected chi connectivity index (χ1v) is 9.83. The fourth-order valence-electron chi connectivity index (χ4n) is 3.85. The molecule has 0 spiro atoms. The lowest BCUT2D eigenvalue weighted by Crippen LogP contribution is -2.32. The van der Waals surface area contributed by atoms with Crippen molar-refractivity contribution in [3.8, 4) is 11.1 Å². The van der Waals surface area contributed by atoms with Crippen LogP contribution < -0.4 is 5.30 Å². The Kier molecular flexibility index (Phi) is 5.07. The van der Waals surface area contributed by atoms with Crippen molar-refractivity contribution < 1.29 is 0 Å². The number of hydrogen-bond donors (Lipinski definition) is 0. The molecule has 23 heavy (non-hydrogen) atoms. The van der Waals surface area contributed by atoms with Crippen molar-refractivity contribution in [1.82, 2.24) is 0 Å². The van der Waals surface area contributed by atoms with Gasteiger partial charge in [-0.3, -0.25) is 0 Å². The van der Waals surface area contributed by atoms with Gasteiger partial charge in [-0.1, -0.05) is 91.9 Å². The van der Waals surface area contributed by atoms with E-state index in [0.29, 0.717) is 0 Å². The predicted molar refractivity (Wildman–Crippen MR) is 107 cm³/mol. The third-order valence-corrected chi connectivity index (χ3v) is 7.79. The Hall–Kier alpha value is -1.13. The van der Waals surface area contributed by atoms with Crippen molar-refractivity contribution in [2.45, 2.75) is 65.7 Å². The minimum atomic E-state index is -0.307. The van der Waals surface area contributed by atoms with Gasteiger partial charge in [-0.25, -0.2) is 0 Å². The maximum atomic E-state index is 2.39. The highest BCUT2D eigenvalue weighted by Crippen LogP contribution is 2.59. The Balaban J connectivity index is 2.76. The molecule has 0 nitrogen and oxygen atoms in total. The van der Waals surface area contributed by atoms with E-state index in [4.69, 9.17) is 0 Å². The molecule has 0 saturated carbocycles. The van der Waals surface area contributed by atoms with Crippen molar-refractivity contribution in [2.75, 3.05) is 0 Å². The smallest absolute Gasteiger partial charge is 0.0101 e. The summed E-state index contributed by atoms with van der Waals surface area (Å²) < 4.78 is 0. The minimum absolute atomic E-state index is 0.278. The van der Waals surface area contributed by atoms with Crippen LogP contribution in [0, 0.1) is 13.8 Å². The Morgan fingerprint density at radius 3 is 1.61 bits per heavy atom. The first-order valence-electron chi connectivity index (χ1n) is 8.49. The average molecular weight is 326 g/mol. The fraction of sp³-hybridized carbons (Fsp3) is 0.455. The van der Waals surface area contributed by atoms with Gasteiger partial charge in [-0.15, -0.1) is 0 Å². The number of hydrogen-bond acceptors (Lipinski definition) is 0. The lowest BCUT2D eigenvalue weighted by Gasteiger charge is -2.43. The molecule has 0 aliphatic rings. The highest BCUT2D eigenvalue weighted by Gasteiger charge is 2.37. The first-order chi connectivity index (χ1) is 10.5. The first kappa shape index (κ1) is 18.2. The van der Waals surface area contributed by atoms with Crippen LogP contribution in [0.3, 0.4) is 0 Å². The van der Waals surface area contributed by atoms with Gasteiger partial charge in [0.25, 0.3) is 0 Å². The van der Waals surface area contributed by atoms with E-state index in [0.717, 1.165) is 0 Å². The maximum Gasteiger partial charge on any atom is -0.0101 e. The van der Waals surface area contributed by atoms with Crippen LogP contribution >= 0.6 is 7.92 Å². The molecule has 0 saturated heterocycles. The van der Waals surface area contributed by atoms with E-state index >= 15 is 0 Å². The Labute approximate surface area is 144 Å². The normalized spacial score (nSPS) is 12.7. The molecular formula is C22H31P. The second kappa shape index (κ2) is 6.40. The monoisotopic (exact) mass is 326 g/mol. The molecular weight excluding hydrogens is 295 g/mol.